The SMILES string of the molecule is CCOC(=O)C1=C(C)N(CC(=O)NCC(C)C)C(=O)C[C@@H]1c1cccc(Oc2ccccc2)c1. The molecule has 7 heteroatoms. The van der Waals surface area contributed by atoms with Crippen molar-refractivity contribution in [2.45, 2.75) is 40.0 Å². The van der Waals surface area contributed by atoms with Crippen LogP contribution in [-0.2, 0) is 19.1 Å². The van der Waals surface area contributed by atoms with Crippen LogP contribution in [0.5, 0.6) is 11.5 Å². The van der Waals surface area contributed by atoms with Gasteiger partial charge in [0.15, 0.2) is 0 Å². The largest absolute Gasteiger partial charge is 0.463 e. The topological polar surface area (TPSA) is 84.9 Å². The number of benzene rings is 2. The molecule has 0 aliphatic carbocycles. The lowest BCUT2D eigenvalue weighted by molar-refractivity contribution is -0.141. The van der Waals surface area contributed by atoms with E-state index < -0.39 is 11.9 Å². The Morgan fingerprint density at radius 1 is 1.09 bits per heavy atom. The second-order valence-corrected chi connectivity index (χ2v) is 8.64. The van der Waals surface area contributed by atoms with Crippen LogP contribution >= 0.6 is 0 Å². The molecular weight excluding hydrogens is 432 g/mol. The lowest BCUT2D eigenvalue weighted by Gasteiger charge is -2.34. The van der Waals surface area contributed by atoms with Gasteiger partial charge in [-0.2, -0.15) is 0 Å². The zero-order valence-corrected chi connectivity index (χ0v) is 20.2. The third-order valence-corrected chi connectivity index (χ3v) is 5.57. The smallest absolute Gasteiger partial charge is 0.336 e. The van der Waals surface area contributed by atoms with Crippen LogP contribution in [-0.4, -0.2) is 42.4 Å². The molecule has 1 N–H and O–H groups in total. The van der Waals surface area contributed by atoms with Crippen LogP contribution in [0.2, 0.25) is 0 Å². The summed E-state index contributed by atoms with van der Waals surface area (Å²) in [5.74, 6) is 0.122. The van der Waals surface area contributed by atoms with Gasteiger partial charge < -0.3 is 19.7 Å². The summed E-state index contributed by atoms with van der Waals surface area (Å²) in [5.41, 5.74) is 1.59. The Bertz CT molecular complexity index is 1060. The number of esters is 1. The molecule has 2 aromatic carbocycles. The Hall–Kier alpha value is -3.61. The number of nitrogens with zero attached hydrogens (tertiary/aromatic N) is 1. The standard InChI is InChI=1S/C27H32N2O5/c1-5-33-27(32)26-19(4)29(17-24(30)28-16-18(2)3)25(31)15-23(26)20-10-9-13-22(14-20)34-21-11-7-6-8-12-21/h6-14,18,23H,5,15-17H2,1-4H3,(H,28,30)/t23-/m1/s1. The van der Waals surface area contributed by atoms with Gasteiger partial charge in [0, 0.05) is 24.6 Å². The van der Waals surface area contributed by atoms with Gasteiger partial charge in [-0.15, -0.1) is 0 Å². The molecule has 180 valence electrons. The van der Waals surface area contributed by atoms with Gasteiger partial charge >= 0.3 is 5.97 Å². The first-order valence-corrected chi connectivity index (χ1v) is 11.6. The zero-order chi connectivity index (χ0) is 24.7. The molecule has 1 aliphatic rings. The lowest BCUT2D eigenvalue weighted by Crippen LogP contribution is -2.44. The van der Waals surface area contributed by atoms with E-state index in [-0.39, 0.29) is 31.4 Å². The van der Waals surface area contributed by atoms with Crippen molar-refractivity contribution < 1.29 is 23.9 Å². The molecule has 0 unspecified atom stereocenters. The highest BCUT2D eigenvalue weighted by molar-refractivity contribution is 5.97. The summed E-state index contributed by atoms with van der Waals surface area (Å²) >= 11 is 0. The van der Waals surface area contributed by atoms with Crippen molar-refractivity contribution in [2.75, 3.05) is 19.7 Å². The van der Waals surface area contributed by atoms with Crippen molar-refractivity contribution in [3.63, 3.8) is 0 Å². The average molecular weight is 465 g/mol. The van der Waals surface area contributed by atoms with Crippen molar-refractivity contribution in [3.05, 3.63) is 71.4 Å². The number of nitrogens with one attached hydrogen (secondary N) is 1. The fourth-order valence-corrected chi connectivity index (χ4v) is 3.90. The van der Waals surface area contributed by atoms with E-state index in [4.69, 9.17) is 9.47 Å². The van der Waals surface area contributed by atoms with E-state index in [9.17, 15) is 14.4 Å². The molecule has 0 aromatic heterocycles. The Balaban J connectivity index is 1.92. The number of carbonyl (C=O) groups is 3. The summed E-state index contributed by atoms with van der Waals surface area (Å²) in [5, 5.41) is 2.83. The van der Waals surface area contributed by atoms with Gasteiger partial charge in [0.25, 0.3) is 0 Å². The minimum atomic E-state index is -0.499. The van der Waals surface area contributed by atoms with Gasteiger partial charge in [0.1, 0.15) is 18.0 Å². The normalized spacial score (nSPS) is 16.0. The number of amides is 2. The minimum Gasteiger partial charge on any atom is -0.463 e. The minimum absolute atomic E-state index is 0.0533. The molecule has 1 atom stereocenters. The fourth-order valence-electron chi connectivity index (χ4n) is 3.90. The molecule has 7 nitrogen and oxygen atoms in total. The summed E-state index contributed by atoms with van der Waals surface area (Å²) in [6, 6.07) is 16.8. The maximum atomic E-state index is 13.1. The molecule has 34 heavy (non-hydrogen) atoms. The number of ether oxygens (including phenoxy) is 2. The Morgan fingerprint density at radius 3 is 2.47 bits per heavy atom. The molecule has 0 radical (unpaired) electrons. The Labute approximate surface area is 200 Å². The van der Waals surface area contributed by atoms with Gasteiger partial charge in [-0.3, -0.25) is 9.59 Å². The molecule has 0 spiro atoms. The molecular formula is C27H32N2O5. The second kappa shape index (κ2) is 11.5. The van der Waals surface area contributed by atoms with E-state index in [0.717, 1.165) is 5.56 Å². The third kappa shape index (κ3) is 6.25. The van der Waals surface area contributed by atoms with E-state index in [1.54, 1.807) is 13.8 Å². The summed E-state index contributed by atoms with van der Waals surface area (Å²) < 4.78 is 11.3. The summed E-state index contributed by atoms with van der Waals surface area (Å²) in [4.78, 5) is 39.9. The maximum absolute atomic E-state index is 13.1. The first-order chi connectivity index (χ1) is 16.3. The molecule has 0 saturated heterocycles. The van der Waals surface area contributed by atoms with Gasteiger partial charge in [0.05, 0.1) is 12.2 Å². The fraction of sp³-hybridized carbons (Fsp3) is 0.370. The van der Waals surface area contributed by atoms with Gasteiger partial charge in [-0.25, -0.2) is 4.79 Å². The summed E-state index contributed by atoms with van der Waals surface area (Å²) in [7, 11) is 0. The maximum Gasteiger partial charge on any atom is 0.336 e. The Morgan fingerprint density at radius 2 is 1.79 bits per heavy atom. The summed E-state index contributed by atoms with van der Waals surface area (Å²) in [6.45, 7) is 8.02. The predicted molar refractivity (Wildman–Crippen MR) is 129 cm³/mol. The van der Waals surface area contributed by atoms with E-state index in [0.29, 0.717) is 35.2 Å². The number of hydrogen-bond donors (Lipinski definition) is 1. The second-order valence-electron chi connectivity index (χ2n) is 8.64. The molecule has 2 amide bonds. The highest BCUT2D eigenvalue weighted by Gasteiger charge is 2.37. The molecule has 0 saturated carbocycles. The molecule has 1 heterocycles. The first-order valence-electron chi connectivity index (χ1n) is 11.6. The average Bonchev–Trinajstić information content (AvgIpc) is 2.81. The molecule has 2 aromatic rings. The number of rotatable bonds is 9. The zero-order valence-electron chi connectivity index (χ0n) is 20.2. The van der Waals surface area contributed by atoms with Gasteiger partial charge in [-0.05, 0) is 49.6 Å². The Kier molecular flexibility index (Phi) is 8.46. The molecule has 0 fully saturated rings. The predicted octanol–water partition coefficient (Wildman–Crippen LogP) is 4.40. The van der Waals surface area contributed by atoms with Gasteiger partial charge in [0.2, 0.25) is 11.8 Å². The lowest BCUT2D eigenvalue weighted by atomic mass is 9.83. The van der Waals surface area contributed by atoms with Crippen LogP contribution in [0, 0.1) is 5.92 Å². The van der Waals surface area contributed by atoms with Crippen molar-refractivity contribution in [1.29, 1.82) is 0 Å². The van der Waals surface area contributed by atoms with Crippen LogP contribution < -0.4 is 10.1 Å². The number of allylic oxidation sites excluding steroid dienone is 1. The number of hydrogen-bond acceptors (Lipinski definition) is 5. The van der Waals surface area contributed by atoms with Crippen molar-refractivity contribution in [2.24, 2.45) is 5.92 Å². The molecule has 0 bridgehead atoms. The first kappa shape index (κ1) is 25.0. The van der Waals surface area contributed by atoms with E-state index >= 15 is 0 Å². The van der Waals surface area contributed by atoms with E-state index in [1.807, 2.05) is 68.4 Å². The number of para-hydroxylation sites is 1. The van der Waals surface area contributed by atoms with Crippen LogP contribution in [0.25, 0.3) is 0 Å². The van der Waals surface area contributed by atoms with Crippen molar-refractivity contribution in [1.82, 2.24) is 10.2 Å². The number of carbonyl (C=O) groups excluding carboxylic acids is 3. The third-order valence-electron chi connectivity index (χ3n) is 5.57. The van der Waals surface area contributed by atoms with Crippen LogP contribution in [0.1, 0.15) is 45.6 Å². The monoisotopic (exact) mass is 464 g/mol. The molecule has 3 rings (SSSR count). The molecule has 1 aliphatic heterocycles. The van der Waals surface area contributed by atoms with Crippen LogP contribution in [0.15, 0.2) is 65.9 Å². The highest BCUT2D eigenvalue weighted by atomic mass is 16.5. The summed E-state index contributed by atoms with van der Waals surface area (Å²) in [6.07, 6.45) is 0.0533. The van der Waals surface area contributed by atoms with Crippen LogP contribution in [0.4, 0.5) is 0 Å². The van der Waals surface area contributed by atoms with E-state index in [1.165, 1.54) is 4.90 Å². The van der Waals surface area contributed by atoms with Crippen LogP contribution in [0.3, 0.4) is 0 Å². The highest BCUT2D eigenvalue weighted by Crippen LogP contribution is 2.38. The van der Waals surface area contributed by atoms with Crippen molar-refractivity contribution in [3.8, 4) is 11.5 Å². The van der Waals surface area contributed by atoms with Gasteiger partial charge in [-0.1, -0.05) is 44.2 Å². The quantitative estimate of drug-likeness (QED) is 0.556. The van der Waals surface area contributed by atoms with Crippen molar-refractivity contribution >= 4 is 17.8 Å². The van der Waals surface area contributed by atoms with E-state index in [2.05, 4.69) is 5.32 Å².